The third-order valence-corrected chi connectivity index (χ3v) is 1.63. The fraction of sp³-hybridized carbons (Fsp3) is 0.500. The van der Waals surface area contributed by atoms with E-state index in [2.05, 4.69) is 9.97 Å². The molecule has 0 spiro atoms. The molecule has 78 valence electrons. The lowest BCUT2D eigenvalue weighted by molar-refractivity contribution is 0.280. The van der Waals surface area contributed by atoms with Crippen LogP contribution in [0.4, 0.5) is 10.3 Å². The van der Waals surface area contributed by atoms with Crippen LogP contribution in [0.3, 0.4) is 0 Å². The van der Waals surface area contributed by atoms with Crippen molar-refractivity contribution >= 4 is 5.95 Å². The predicted molar refractivity (Wildman–Crippen MR) is 48.4 cm³/mol. The Balaban J connectivity index is 2.71. The van der Waals surface area contributed by atoms with Crippen LogP contribution in [0.1, 0.15) is 0 Å². The van der Waals surface area contributed by atoms with Gasteiger partial charge in [0.2, 0.25) is 5.95 Å². The van der Waals surface area contributed by atoms with E-state index in [4.69, 9.17) is 10.2 Å². The van der Waals surface area contributed by atoms with Crippen LogP contribution in [0.15, 0.2) is 12.4 Å². The van der Waals surface area contributed by atoms with E-state index in [0.29, 0.717) is 19.0 Å². The van der Waals surface area contributed by atoms with Crippen molar-refractivity contribution in [1.29, 1.82) is 0 Å². The molecule has 1 rings (SSSR count). The number of halogens is 1. The van der Waals surface area contributed by atoms with E-state index < -0.39 is 5.82 Å². The van der Waals surface area contributed by atoms with E-state index in [9.17, 15) is 4.39 Å². The van der Waals surface area contributed by atoms with E-state index in [0.717, 1.165) is 12.4 Å². The smallest absolute Gasteiger partial charge is 0.225 e. The minimum Gasteiger partial charge on any atom is -0.395 e. The van der Waals surface area contributed by atoms with Crippen LogP contribution in [0, 0.1) is 5.82 Å². The molecular weight excluding hydrogens is 189 g/mol. The number of aromatic nitrogens is 2. The standard InChI is InChI=1S/C8H12FN3O2/c9-7-5-10-8(11-6-7)12(1-3-13)2-4-14/h5-6,13-14H,1-4H2. The zero-order valence-corrected chi connectivity index (χ0v) is 7.60. The summed E-state index contributed by atoms with van der Waals surface area (Å²) in [5, 5.41) is 17.5. The van der Waals surface area contributed by atoms with Gasteiger partial charge in [-0.1, -0.05) is 0 Å². The Morgan fingerprint density at radius 1 is 1.14 bits per heavy atom. The van der Waals surface area contributed by atoms with Crippen LogP contribution in [-0.2, 0) is 0 Å². The van der Waals surface area contributed by atoms with E-state index in [-0.39, 0.29) is 13.2 Å². The van der Waals surface area contributed by atoms with Gasteiger partial charge in [0.25, 0.3) is 0 Å². The van der Waals surface area contributed by atoms with Gasteiger partial charge in [0.05, 0.1) is 25.6 Å². The Morgan fingerprint density at radius 3 is 2.07 bits per heavy atom. The van der Waals surface area contributed by atoms with Crippen LogP contribution < -0.4 is 4.90 Å². The lowest BCUT2D eigenvalue weighted by atomic mass is 10.5. The molecule has 2 N–H and O–H groups in total. The third kappa shape index (κ3) is 2.90. The van der Waals surface area contributed by atoms with E-state index in [1.807, 2.05) is 0 Å². The first kappa shape index (κ1) is 10.8. The number of nitrogens with zero attached hydrogens (tertiary/aromatic N) is 3. The van der Waals surface area contributed by atoms with E-state index in [1.54, 1.807) is 4.90 Å². The SMILES string of the molecule is OCCN(CCO)c1ncc(F)cn1. The summed E-state index contributed by atoms with van der Waals surface area (Å²) in [6.45, 7) is 0.486. The topological polar surface area (TPSA) is 69.5 Å². The predicted octanol–water partition coefficient (Wildman–Crippen LogP) is -0.593. The number of anilines is 1. The molecule has 0 aliphatic heterocycles. The van der Waals surface area contributed by atoms with Crippen molar-refractivity contribution in [3.63, 3.8) is 0 Å². The summed E-state index contributed by atoms with van der Waals surface area (Å²) in [7, 11) is 0. The molecule has 14 heavy (non-hydrogen) atoms. The summed E-state index contributed by atoms with van der Waals surface area (Å²) in [4.78, 5) is 9.04. The summed E-state index contributed by atoms with van der Waals surface area (Å²) in [6, 6.07) is 0. The average molecular weight is 201 g/mol. The summed E-state index contributed by atoms with van der Waals surface area (Å²) in [6.07, 6.45) is 2.09. The van der Waals surface area contributed by atoms with E-state index in [1.165, 1.54) is 0 Å². The van der Waals surface area contributed by atoms with Crippen LogP contribution in [0.2, 0.25) is 0 Å². The normalized spacial score (nSPS) is 10.2. The molecule has 0 atom stereocenters. The molecule has 0 aliphatic rings. The summed E-state index contributed by atoms with van der Waals surface area (Å²) in [5.41, 5.74) is 0. The lowest BCUT2D eigenvalue weighted by Crippen LogP contribution is -2.31. The molecule has 0 saturated carbocycles. The first-order chi connectivity index (χ1) is 6.77. The number of hydrogen-bond donors (Lipinski definition) is 2. The maximum absolute atomic E-state index is 12.5. The highest BCUT2D eigenvalue weighted by atomic mass is 19.1. The zero-order valence-electron chi connectivity index (χ0n) is 7.60. The van der Waals surface area contributed by atoms with Gasteiger partial charge >= 0.3 is 0 Å². The lowest BCUT2D eigenvalue weighted by Gasteiger charge is -2.19. The number of rotatable bonds is 5. The highest BCUT2D eigenvalue weighted by Gasteiger charge is 2.07. The number of aliphatic hydroxyl groups excluding tert-OH is 2. The summed E-state index contributed by atoms with van der Waals surface area (Å²) >= 11 is 0. The highest BCUT2D eigenvalue weighted by molar-refractivity contribution is 5.28. The van der Waals surface area contributed by atoms with Gasteiger partial charge in [-0.3, -0.25) is 0 Å². The Kier molecular flexibility index (Phi) is 4.21. The Morgan fingerprint density at radius 2 is 1.64 bits per heavy atom. The van der Waals surface area contributed by atoms with Gasteiger partial charge in [-0.25, -0.2) is 14.4 Å². The van der Waals surface area contributed by atoms with Crippen LogP contribution in [0.5, 0.6) is 0 Å². The minimum absolute atomic E-state index is 0.0687. The molecule has 0 radical (unpaired) electrons. The molecule has 0 aromatic carbocycles. The van der Waals surface area contributed by atoms with Gasteiger partial charge in [-0.15, -0.1) is 0 Å². The Hall–Kier alpha value is -1.27. The molecule has 0 aliphatic carbocycles. The Labute approximate surface area is 80.8 Å². The first-order valence-electron chi connectivity index (χ1n) is 4.22. The van der Waals surface area contributed by atoms with Crippen LogP contribution in [0.25, 0.3) is 0 Å². The molecule has 0 unspecified atom stereocenters. The first-order valence-corrected chi connectivity index (χ1v) is 4.22. The molecule has 0 amide bonds. The number of hydrogen-bond acceptors (Lipinski definition) is 5. The van der Waals surface area contributed by atoms with Gasteiger partial charge in [0.1, 0.15) is 0 Å². The monoisotopic (exact) mass is 201 g/mol. The van der Waals surface area contributed by atoms with Crippen LogP contribution >= 0.6 is 0 Å². The molecule has 6 heteroatoms. The quantitative estimate of drug-likeness (QED) is 0.666. The second-order valence-corrected chi connectivity index (χ2v) is 2.64. The van der Waals surface area contributed by atoms with Gasteiger partial charge in [-0.2, -0.15) is 0 Å². The third-order valence-electron chi connectivity index (χ3n) is 1.63. The molecule has 1 aromatic heterocycles. The van der Waals surface area contributed by atoms with Crippen molar-refractivity contribution in [2.75, 3.05) is 31.2 Å². The average Bonchev–Trinajstić information content (AvgIpc) is 2.19. The molecule has 1 heterocycles. The van der Waals surface area contributed by atoms with Crippen molar-refractivity contribution in [3.05, 3.63) is 18.2 Å². The molecule has 0 bridgehead atoms. The molecular formula is C8H12FN3O2. The second-order valence-electron chi connectivity index (χ2n) is 2.64. The largest absolute Gasteiger partial charge is 0.395 e. The summed E-state index contributed by atoms with van der Waals surface area (Å²) < 4.78 is 12.5. The Bertz CT molecular complexity index is 262. The van der Waals surface area contributed by atoms with Crippen molar-refractivity contribution < 1.29 is 14.6 Å². The maximum atomic E-state index is 12.5. The summed E-state index contributed by atoms with van der Waals surface area (Å²) in [5.74, 6) is -0.212. The number of aliphatic hydroxyl groups is 2. The molecule has 5 nitrogen and oxygen atoms in total. The molecule has 0 fully saturated rings. The molecule has 0 saturated heterocycles. The van der Waals surface area contributed by atoms with Gasteiger partial charge < -0.3 is 15.1 Å². The second kappa shape index (κ2) is 5.46. The highest BCUT2D eigenvalue weighted by Crippen LogP contribution is 2.05. The van der Waals surface area contributed by atoms with Gasteiger partial charge in [0, 0.05) is 13.1 Å². The van der Waals surface area contributed by atoms with Crippen molar-refractivity contribution in [2.24, 2.45) is 0 Å². The fourth-order valence-electron chi connectivity index (χ4n) is 1.02. The van der Waals surface area contributed by atoms with Gasteiger partial charge in [0.15, 0.2) is 5.82 Å². The fourth-order valence-corrected chi connectivity index (χ4v) is 1.02. The van der Waals surface area contributed by atoms with Crippen molar-refractivity contribution in [1.82, 2.24) is 9.97 Å². The zero-order chi connectivity index (χ0) is 10.4. The van der Waals surface area contributed by atoms with Crippen molar-refractivity contribution in [2.45, 2.75) is 0 Å². The minimum atomic E-state index is -0.512. The molecule has 1 aromatic rings. The maximum Gasteiger partial charge on any atom is 0.225 e. The van der Waals surface area contributed by atoms with Crippen LogP contribution in [-0.4, -0.2) is 46.5 Å². The van der Waals surface area contributed by atoms with Crippen molar-refractivity contribution in [3.8, 4) is 0 Å². The van der Waals surface area contributed by atoms with E-state index >= 15 is 0 Å². The van der Waals surface area contributed by atoms with Gasteiger partial charge in [-0.05, 0) is 0 Å².